The van der Waals surface area contributed by atoms with Crippen molar-refractivity contribution < 1.29 is 4.79 Å². The lowest BCUT2D eigenvalue weighted by Gasteiger charge is -2.32. The largest absolute Gasteiger partial charge is 0.351 e. The van der Waals surface area contributed by atoms with E-state index in [4.69, 9.17) is 11.5 Å². The van der Waals surface area contributed by atoms with Crippen LogP contribution in [-0.4, -0.2) is 22.5 Å². The number of likely N-dealkylation sites (tertiary alicyclic amines) is 1. The first-order valence-corrected chi connectivity index (χ1v) is 4.92. The molecule has 5 nitrogen and oxygen atoms in total. The van der Waals surface area contributed by atoms with Crippen LogP contribution in [0.2, 0.25) is 0 Å². The molecule has 2 heterocycles. The summed E-state index contributed by atoms with van der Waals surface area (Å²) in [5.74, 6) is 0. The molecule has 15 heavy (non-hydrogen) atoms. The van der Waals surface area contributed by atoms with Crippen LogP contribution in [0.15, 0.2) is 24.4 Å². The maximum atomic E-state index is 11.2. The van der Waals surface area contributed by atoms with E-state index in [1.54, 1.807) is 6.20 Å². The van der Waals surface area contributed by atoms with E-state index in [2.05, 4.69) is 4.98 Å². The fraction of sp³-hybridized carbons (Fsp3) is 0.400. The average Bonchev–Trinajstić information content (AvgIpc) is 2.63. The Labute approximate surface area is 88.1 Å². The van der Waals surface area contributed by atoms with Gasteiger partial charge in [-0.2, -0.15) is 0 Å². The standard InChI is InChI=1S/C10H14N4O/c11-9(15)14-7-3-5-10(14,12)8-4-1-2-6-13-8/h1-2,4,6H,3,5,7,12H2,(H2,11,15). The second kappa shape index (κ2) is 3.51. The predicted molar refractivity (Wildman–Crippen MR) is 55.6 cm³/mol. The summed E-state index contributed by atoms with van der Waals surface area (Å²) in [6.45, 7) is 0.600. The van der Waals surface area contributed by atoms with Gasteiger partial charge < -0.3 is 16.4 Å². The van der Waals surface area contributed by atoms with Gasteiger partial charge in [-0.15, -0.1) is 0 Å². The van der Waals surface area contributed by atoms with E-state index in [-0.39, 0.29) is 0 Å². The highest BCUT2D eigenvalue weighted by molar-refractivity contribution is 5.73. The Kier molecular flexibility index (Phi) is 2.32. The van der Waals surface area contributed by atoms with E-state index in [1.165, 1.54) is 4.90 Å². The van der Waals surface area contributed by atoms with Gasteiger partial charge in [0.25, 0.3) is 0 Å². The maximum absolute atomic E-state index is 11.2. The fourth-order valence-electron chi connectivity index (χ4n) is 2.03. The van der Waals surface area contributed by atoms with Crippen LogP contribution < -0.4 is 11.5 Å². The second-order valence-corrected chi connectivity index (χ2v) is 3.73. The molecular weight excluding hydrogens is 192 g/mol. The van der Waals surface area contributed by atoms with Crippen LogP contribution in [0.1, 0.15) is 18.5 Å². The average molecular weight is 206 g/mol. The number of aromatic nitrogens is 1. The first-order chi connectivity index (χ1) is 7.14. The minimum atomic E-state index is -0.826. The second-order valence-electron chi connectivity index (χ2n) is 3.73. The summed E-state index contributed by atoms with van der Waals surface area (Å²) in [5, 5.41) is 0. The minimum absolute atomic E-state index is 0.486. The molecule has 0 bridgehead atoms. The number of nitrogens with two attached hydrogens (primary N) is 2. The summed E-state index contributed by atoms with van der Waals surface area (Å²) in [4.78, 5) is 16.9. The van der Waals surface area contributed by atoms with Crippen LogP contribution in [-0.2, 0) is 5.66 Å². The molecule has 2 rings (SSSR count). The summed E-state index contributed by atoms with van der Waals surface area (Å²) < 4.78 is 0. The predicted octanol–water partition coefficient (Wildman–Crippen LogP) is 0.368. The molecule has 0 spiro atoms. The summed E-state index contributed by atoms with van der Waals surface area (Å²) >= 11 is 0. The number of carbonyl (C=O) groups is 1. The molecule has 1 aliphatic heterocycles. The van der Waals surface area contributed by atoms with Crippen molar-refractivity contribution in [2.24, 2.45) is 11.5 Å². The number of carbonyl (C=O) groups excluding carboxylic acids is 1. The number of urea groups is 1. The molecule has 5 heteroatoms. The van der Waals surface area contributed by atoms with Crippen molar-refractivity contribution in [1.29, 1.82) is 0 Å². The smallest absolute Gasteiger partial charge is 0.316 e. The molecule has 0 radical (unpaired) electrons. The molecule has 0 saturated carbocycles. The van der Waals surface area contributed by atoms with Crippen molar-refractivity contribution in [2.75, 3.05) is 6.54 Å². The van der Waals surface area contributed by atoms with E-state index in [1.807, 2.05) is 18.2 Å². The molecule has 0 aliphatic carbocycles. The summed E-state index contributed by atoms with van der Waals surface area (Å²) in [5.41, 5.74) is 11.3. The molecule has 0 aromatic carbocycles. The van der Waals surface area contributed by atoms with Gasteiger partial charge in [0.05, 0.1) is 5.69 Å². The summed E-state index contributed by atoms with van der Waals surface area (Å²) in [7, 11) is 0. The van der Waals surface area contributed by atoms with Crippen LogP contribution in [0.5, 0.6) is 0 Å². The lowest BCUT2D eigenvalue weighted by atomic mass is 10.0. The molecule has 1 fully saturated rings. The quantitative estimate of drug-likeness (QED) is 0.696. The number of amides is 2. The molecular formula is C10H14N4O. The van der Waals surface area contributed by atoms with E-state index >= 15 is 0 Å². The normalized spacial score (nSPS) is 25.5. The third-order valence-corrected chi connectivity index (χ3v) is 2.80. The molecule has 1 unspecified atom stereocenters. The number of hydrogen-bond acceptors (Lipinski definition) is 3. The Morgan fingerprint density at radius 2 is 2.33 bits per heavy atom. The van der Waals surface area contributed by atoms with Gasteiger partial charge in [-0.1, -0.05) is 6.07 Å². The Morgan fingerprint density at radius 1 is 1.53 bits per heavy atom. The van der Waals surface area contributed by atoms with Crippen molar-refractivity contribution in [3.8, 4) is 0 Å². The molecule has 1 aromatic heterocycles. The van der Waals surface area contributed by atoms with Crippen molar-refractivity contribution in [3.05, 3.63) is 30.1 Å². The van der Waals surface area contributed by atoms with Crippen molar-refractivity contribution in [2.45, 2.75) is 18.5 Å². The minimum Gasteiger partial charge on any atom is -0.351 e. The number of pyridine rings is 1. The lowest BCUT2D eigenvalue weighted by molar-refractivity contribution is 0.154. The Bertz CT molecular complexity index is 367. The first kappa shape index (κ1) is 9.92. The summed E-state index contributed by atoms with van der Waals surface area (Å²) in [6.07, 6.45) is 3.23. The third kappa shape index (κ3) is 1.55. The number of primary amides is 1. The van der Waals surface area contributed by atoms with Gasteiger partial charge in [0.2, 0.25) is 0 Å². The van der Waals surface area contributed by atoms with Crippen LogP contribution in [0.4, 0.5) is 4.79 Å². The van der Waals surface area contributed by atoms with Gasteiger partial charge >= 0.3 is 6.03 Å². The van der Waals surface area contributed by atoms with E-state index < -0.39 is 11.7 Å². The Balaban J connectivity index is 2.37. The van der Waals surface area contributed by atoms with E-state index in [9.17, 15) is 4.79 Å². The monoisotopic (exact) mass is 206 g/mol. The fourth-order valence-corrected chi connectivity index (χ4v) is 2.03. The first-order valence-electron chi connectivity index (χ1n) is 4.92. The lowest BCUT2D eigenvalue weighted by Crippen LogP contribution is -2.53. The highest BCUT2D eigenvalue weighted by Gasteiger charge is 2.41. The van der Waals surface area contributed by atoms with Crippen molar-refractivity contribution in [3.63, 3.8) is 0 Å². The van der Waals surface area contributed by atoms with Gasteiger partial charge in [-0.3, -0.25) is 4.98 Å². The van der Waals surface area contributed by atoms with Gasteiger partial charge in [0, 0.05) is 12.7 Å². The van der Waals surface area contributed by atoms with Crippen molar-refractivity contribution in [1.82, 2.24) is 9.88 Å². The van der Waals surface area contributed by atoms with Gasteiger partial charge in [-0.25, -0.2) is 4.79 Å². The molecule has 2 amide bonds. The van der Waals surface area contributed by atoms with Gasteiger partial charge in [0.1, 0.15) is 5.66 Å². The highest BCUT2D eigenvalue weighted by atomic mass is 16.2. The number of rotatable bonds is 1. The van der Waals surface area contributed by atoms with Crippen LogP contribution >= 0.6 is 0 Å². The Hall–Kier alpha value is -1.62. The zero-order valence-electron chi connectivity index (χ0n) is 8.39. The summed E-state index contributed by atoms with van der Waals surface area (Å²) in [6, 6.07) is 5.01. The van der Waals surface area contributed by atoms with Crippen LogP contribution in [0.3, 0.4) is 0 Å². The molecule has 1 aliphatic rings. The maximum Gasteiger partial charge on any atom is 0.316 e. The van der Waals surface area contributed by atoms with E-state index in [0.717, 1.165) is 6.42 Å². The number of nitrogens with zero attached hydrogens (tertiary/aromatic N) is 2. The number of hydrogen-bond donors (Lipinski definition) is 2. The SMILES string of the molecule is NC(=O)N1CCCC1(N)c1ccccn1. The van der Waals surface area contributed by atoms with Gasteiger partial charge in [0.15, 0.2) is 0 Å². The molecule has 1 aromatic rings. The van der Waals surface area contributed by atoms with Crippen LogP contribution in [0, 0.1) is 0 Å². The molecule has 1 atom stereocenters. The van der Waals surface area contributed by atoms with Crippen LogP contribution in [0.25, 0.3) is 0 Å². The van der Waals surface area contributed by atoms with Gasteiger partial charge in [-0.05, 0) is 25.0 Å². The molecule has 80 valence electrons. The van der Waals surface area contributed by atoms with E-state index in [0.29, 0.717) is 18.7 Å². The topological polar surface area (TPSA) is 85.2 Å². The van der Waals surface area contributed by atoms with Crippen molar-refractivity contribution >= 4 is 6.03 Å². The zero-order valence-corrected chi connectivity index (χ0v) is 8.39. The molecule has 4 N–H and O–H groups in total. The third-order valence-electron chi connectivity index (χ3n) is 2.80. The molecule has 1 saturated heterocycles. The Morgan fingerprint density at radius 3 is 2.93 bits per heavy atom. The zero-order chi connectivity index (χ0) is 10.9. The highest BCUT2D eigenvalue weighted by Crippen LogP contribution is 2.32.